The Bertz CT molecular complexity index is 1380. The van der Waals surface area contributed by atoms with Gasteiger partial charge in [-0.1, -0.05) is 54.2 Å². The molecule has 0 unspecified atom stereocenters. The normalized spacial score (nSPS) is 14.2. The maximum atomic E-state index is 13.2. The van der Waals surface area contributed by atoms with Gasteiger partial charge in [-0.2, -0.15) is 5.10 Å². The number of halogens is 1. The Morgan fingerprint density at radius 2 is 1.84 bits per heavy atom. The minimum atomic E-state index is -4.02. The van der Waals surface area contributed by atoms with Gasteiger partial charge in [0.25, 0.3) is 10.0 Å². The minimum absolute atomic E-state index is 0.0395. The number of para-hydroxylation sites is 1. The number of benzene rings is 2. The summed E-state index contributed by atoms with van der Waals surface area (Å²) < 4.78 is 41.5. The molecule has 3 aromatic rings. The van der Waals surface area contributed by atoms with Crippen LogP contribution in [0, 0.1) is 0 Å². The first kappa shape index (κ1) is 22.3. The summed E-state index contributed by atoms with van der Waals surface area (Å²) in [6, 6.07) is 13.0. The number of anilines is 1. The fourth-order valence-corrected chi connectivity index (χ4v) is 5.41. The minimum Gasteiger partial charge on any atom is -0.496 e. The lowest BCUT2D eigenvalue weighted by Gasteiger charge is -2.14. The molecule has 10 heteroatoms. The number of allylic oxidation sites excluding steroid dienone is 4. The van der Waals surface area contributed by atoms with Crippen molar-refractivity contribution in [2.75, 3.05) is 18.9 Å². The van der Waals surface area contributed by atoms with Gasteiger partial charge in [-0.25, -0.2) is 8.42 Å². The highest BCUT2D eigenvalue weighted by molar-refractivity contribution is 7.99. The van der Waals surface area contributed by atoms with Gasteiger partial charge < -0.3 is 9.47 Å². The predicted molar refractivity (Wildman–Crippen MR) is 130 cm³/mol. The molecular weight excluding hydrogens is 470 g/mol. The fraction of sp³-hybridized carbons (Fsp3) is 0.182. The zero-order valence-corrected chi connectivity index (χ0v) is 19.7. The number of sulfonamides is 1. The van der Waals surface area contributed by atoms with Gasteiger partial charge in [-0.15, -0.1) is 0 Å². The molecule has 166 valence electrons. The van der Waals surface area contributed by atoms with Crippen LogP contribution in [0.2, 0.25) is 0 Å². The molecule has 0 spiro atoms. The van der Waals surface area contributed by atoms with Crippen LogP contribution in [-0.4, -0.2) is 37.3 Å². The van der Waals surface area contributed by atoms with Crippen molar-refractivity contribution in [3.63, 3.8) is 0 Å². The first-order valence-corrected chi connectivity index (χ1v) is 11.9. The smallest absolute Gasteiger partial charge is 0.264 e. The number of hydrogen-bond donors (Lipinski definition) is 1. The monoisotopic (exact) mass is 489 g/mol. The van der Waals surface area contributed by atoms with Crippen molar-refractivity contribution >= 4 is 55.4 Å². The van der Waals surface area contributed by atoms with Gasteiger partial charge in [0.15, 0.2) is 5.82 Å². The van der Waals surface area contributed by atoms with Crippen LogP contribution in [0.5, 0.6) is 11.5 Å². The summed E-state index contributed by atoms with van der Waals surface area (Å²) in [6.07, 6.45) is 3.30. The molecule has 0 radical (unpaired) electrons. The molecule has 0 saturated heterocycles. The molecule has 2 aromatic carbocycles. The van der Waals surface area contributed by atoms with Gasteiger partial charge in [0, 0.05) is 21.9 Å². The second-order valence-corrected chi connectivity index (χ2v) is 9.58. The summed E-state index contributed by atoms with van der Waals surface area (Å²) in [5.74, 6) is 1.34. The van der Waals surface area contributed by atoms with E-state index in [-0.39, 0.29) is 22.0 Å². The molecule has 0 aliphatic heterocycles. The molecule has 1 aromatic heterocycles. The molecule has 0 fully saturated rings. The lowest BCUT2D eigenvalue weighted by molar-refractivity contribution is 0.407. The zero-order valence-electron chi connectivity index (χ0n) is 17.3. The SMILES string of the molecule is COc1ccccc1Cn1nc(NS(=O)(=O)C2=CC(Cl)=CCC2=S)c2c(OC)cccc21. The van der Waals surface area contributed by atoms with Crippen molar-refractivity contribution in [2.24, 2.45) is 0 Å². The Hall–Kier alpha value is -2.88. The standard InChI is InChI=1S/C22H20ClN3O4S2/c1-29-17-8-4-3-6-14(17)13-26-16-7-5-9-18(30-2)21(16)22(24-26)25-32(27,28)20-12-15(23)10-11-19(20)31/h3-10,12H,11,13H2,1-2H3,(H,24,25). The Balaban J connectivity index is 1.81. The molecule has 1 aliphatic carbocycles. The largest absolute Gasteiger partial charge is 0.496 e. The van der Waals surface area contributed by atoms with E-state index in [9.17, 15) is 8.42 Å². The summed E-state index contributed by atoms with van der Waals surface area (Å²) in [5, 5.41) is 5.43. The van der Waals surface area contributed by atoms with Crippen LogP contribution in [0.25, 0.3) is 10.9 Å². The number of nitrogens with one attached hydrogen (secondary N) is 1. The molecule has 1 heterocycles. The number of thiocarbonyl (C=S) groups is 1. The van der Waals surface area contributed by atoms with Gasteiger partial charge >= 0.3 is 0 Å². The molecule has 4 rings (SSSR count). The average molecular weight is 490 g/mol. The molecule has 1 aliphatic rings. The van der Waals surface area contributed by atoms with Crippen molar-refractivity contribution in [2.45, 2.75) is 13.0 Å². The number of aromatic nitrogens is 2. The van der Waals surface area contributed by atoms with Crippen molar-refractivity contribution in [1.29, 1.82) is 0 Å². The number of methoxy groups -OCH3 is 2. The summed E-state index contributed by atoms with van der Waals surface area (Å²) in [4.78, 5) is 0.244. The Morgan fingerprint density at radius 3 is 2.59 bits per heavy atom. The van der Waals surface area contributed by atoms with Crippen molar-refractivity contribution in [3.05, 3.63) is 70.1 Å². The van der Waals surface area contributed by atoms with Crippen molar-refractivity contribution in [3.8, 4) is 11.5 Å². The van der Waals surface area contributed by atoms with Crippen LogP contribution < -0.4 is 14.2 Å². The summed E-state index contributed by atoms with van der Waals surface area (Å²) in [6.45, 7) is 0.366. The Labute approximate surface area is 196 Å². The fourth-order valence-electron chi connectivity index (χ4n) is 3.52. The quantitative estimate of drug-likeness (QED) is 0.487. The van der Waals surface area contributed by atoms with E-state index in [1.165, 1.54) is 13.2 Å². The number of rotatable bonds is 7. The first-order valence-electron chi connectivity index (χ1n) is 9.63. The summed E-state index contributed by atoms with van der Waals surface area (Å²) in [5.41, 5.74) is 1.59. The van der Waals surface area contributed by atoms with E-state index >= 15 is 0 Å². The third kappa shape index (κ3) is 4.23. The highest BCUT2D eigenvalue weighted by atomic mass is 35.5. The lowest BCUT2D eigenvalue weighted by atomic mass is 10.2. The third-order valence-electron chi connectivity index (χ3n) is 5.02. The molecule has 7 nitrogen and oxygen atoms in total. The first-order chi connectivity index (χ1) is 15.3. The number of fused-ring (bicyclic) bond motifs is 1. The van der Waals surface area contributed by atoms with Gasteiger partial charge in [0.2, 0.25) is 0 Å². The molecule has 0 saturated carbocycles. The molecular formula is C22H20ClN3O4S2. The van der Waals surface area contributed by atoms with Crippen molar-refractivity contribution in [1.82, 2.24) is 9.78 Å². The summed E-state index contributed by atoms with van der Waals surface area (Å²) >= 11 is 11.3. The van der Waals surface area contributed by atoms with E-state index in [0.29, 0.717) is 34.0 Å². The van der Waals surface area contributed by atoms with Crippen LogP contribution in [0.3, 0.4) is 0 Å². The lowest BCUT2D eigenvalue weighted by Crippen LogP contribution is -2.21. The highest BCUT2D eigenvalue weighted by Gasteiger charge is 2.27. The predicted octanol–water partition coefficient (Wildman–Crippen LogP) is 4.62. The Kier molecular flexibility index (Phi) is 6.23. The van der Waals surface area contributed by atoms with Crippen LogP contribution in [-0.2, 0) is 16.6 Å². The van der Waals surface area contributed by atoms with Gasteiger partial charge in [0.1, 0.15) is 16.4 Å². The summed E-state index contributed by atoms with van der Waals surface area (Å²) in [7, 11) is -0.897. The number of nitrogens with zero attached hydrogens (tertiary/aromatic N) is 2. The Morgan fingerprint density at radius 1 is 1.12 bits per heavy atom. The molecule has 1 N–H and O–H groups in total. The van der Waals surface area contributed by atoms with Gasteiger partial charge in [-0.05, 0) is 24.3 Å². The van der Waals surface area contributed by atoms with E-state index in [0.717, 1.165) is 5.56 Å². The van der Waals surface area contributed by atoms with E-state index < -0.39 is 10.0 Å². The van der Waals surface area contributed by atoms with E-state index in [4.69, 9.17) is 33.3 Å². The zero-order chi connectivity index (χ0) is 22.9. The van der Waals surface area contributed by atoms with Crippen LogP contribution in [0.1, 0.15) is 12.0 Å². The molecule has 0 bridgehead atoms. The molecule has 0 atom stereocenters. The maximum absolute atomic E-state index is 13.2. The van der Waals surface area contributed by atoms with Crippen molar-refractivity contribution < 1.29 is 17.9 Å². The second kappa shape index (κ2) is 8.93. The van der Waals surface area contributed by atoms with E-state index in [2.05, 4.69) is 9.82 Å². The second-order valence-electron chi connectivity index (χ2n) is 7.00. The molecule has 0 amide bonds. The molecule has 32 heavy (non-hydrogen) atoms. The topological polar surface area (TPSA) is 82.5 Å². The maximum Gasteiger partial charge on any atom is 0.264 e. The van der Waals surface area contributed by atoms with Crippen LogP contribution in [0.15, 0.2) is 64.6 Å². The van der Waals surface area contributed by atoms with Gasteiger partial charge in [0.05, 0.1) is 31.7 Å². The van der Waals surface area contributed by atoms with Crippen LogP contribution >= 0.6 is 23.8 Å². The number of ether oxygens (including phenoxy) is 2. The number of hydrogen-bond acceptors (Lipinski definition) is 6. The third-order valence-corrected chi connectivity index (χ3v) is 7.20. The van der Waals surface area contributed by atoms with Crippen LogP contribution in [0.4, 0.5) is 5.82 Å². The van der Waals surface area contributed by atoms with E-state index in [1.54, 1.807) is 23.9 Å². The average Bonchev–Trinajstić information content (AvgIpc) is 3.12. The van der Waals surface area contributed by atoms with E-state index in [1.807, 2.05) is 36.4 Å². The highest BCUT2D eigenvalue weighted by Crippen LogP contribution is 2.35. The van der Waals surface area contributed by atoms with Gasteiger partial charge in [-0.3, -0.25) is 9.40 Å².